The standard InChI is InChI=1S/C25H24N4O2/c1-18-6-8-20(9-7-18)24-19(2)4-3-5-23(24)25(30)28-21-10-12-22(13-11-21)31-15-14-29-17-26-16-27-29/h3-13,16-17H,14-15H2,1-2H3,(H,28,30). The van der Waals surface area contributed by atoms with Gasteiger partial charge < -0.3 is 10.1 Å². The van der Waals surface area contributed by atoms with Gasteiger partial charge in [-0.25, -0.2) is 9.67 Å². The highest BCUT2D eigenvalue weighted by atomic mass is 16.5. The normalized spacial score (nSPS) is 10.6. The molecule has 1 heterocycles. The van der Waals surface area contributed by atoms with Gasteiger partial charge in [-0.3, -0.25) is 4.79 Å². The molecular weight excluding hydrogens is 388 g/mol. The van der Waals surface area contributed by atoms with Gasteiger partial charge in [-0.2, -0.15) is 5.10 Å². The summed E-state index contributed by atoms with van der Waals surface area (Å²) in [6.07, 6.45) is 3.15. The van der Waals surface area contributed by atoms with Gasteiger partial charge in [-0.1, -0.05) is 42.0 Å². The van der Waals surface area contributed by atoms with Crippen LogP contribution in [-0.4, -0.2) is 27.3 Å². The summed E-state index contributed by atoms with van der Waals surface area (Å²) >= 11 is 0. The van der Waals surface area contributed by atoms with Crippen molar-refractivity contribution < 1.29 is 9.53 Å². The maximum atomic E-state index is 13.1. The van der Waals surface area contributed by atoms with E-state index in [0.29, 0.717) is 24.4 Å². The van der Waals surface area contributed by atoms with Crippen LogP contribution in [0.5, 0.6) is 5.75 Å². The third-order valence-electron chi connectivity index (χ3n) is 5.03. The Balaban J connectivity index is 1.45. The minimum atomic E-state index is -0.140. The molecule has 0 aliphatic carbocycles. The number of hydrogen-bond donors (Lipinski definition) is 1. The summed E-state index contributed by atoms with van der Waals surface area (Å²) in [7, 11) is 0. The molecule has 1 aromatic heterocycles. The first-order valence-corrected chi connectivity index (χ1v) is 10.1. The Kier molecular flexibility index (Phi) is 6.08. The molecule has 6 nitrogen and oxygen atoms in total. The van der Waals surface area contributed by atoms with Gasteiger partial charge in [0.1, 0.15) is 25.0 Å². The molecule has 0 aliphatic heterocycles. The Morgan fingerprint density at radius 3 is 2.48 bits per heavy atom. The average Bonchev–Trinajstić information content (AvgIpc) is 3.29. The van der Waals surface area contributed by atoms with Crippen LogP contribution in [0.3, 0.4) is 0 Å². The highest BCUT2D eigenvalue weighted by Gasteiger charge is 2.15. The van der Waals surface area contributed by atoms with Crippen molar-refractivity contribution in [2.75, 3.05) is 11.9 Å². The SMILES string of the molecule is Cc1ccc(-c2c(C)cccc2C(=O)Nc2ccc(OCCn3cncn3)cc2)cc1. The van der Waals surface area contributed by atoms with Gasteiger partial charge in [-0.05, 0) is 60.9 Å². The van der Waals surface area contributed by atoms with Crippen LogP contribution in [0.1, 0.15) is 21.5 Å². The van der Waals surface area contributed by atoms with Crippen LogP contribution in [0.2, 0.25) is 0 Å². The van der Waals surface area contributed by atoms with E-state index in [9.17, 15) is 4.79 Å². The molecule has 0 atom stereocenters. The van der Waals surface area contributed by atoms with E-state index in [4.69, 9.17) is 4.74 Å². The van der Waals surface area contributed by atoms with Gasteiger partial charge in [0.25, 0.3) is 5.91 Å². The van der Waals surface area contributed by atoms with Crippen LogP contribution < -0.4 is 10.1 Å². The smallest absolute Gasteiger partial charge is 0.256 e. The first-order chi connectivity index (χ1) is 15.1. The molecule has 31 heavy (non-hydrogen) atoms. The summed E-state index contributed by atoms with van der Waals surface area (Å²) < 4.78 is 7.44. The first kappa shape index (κ1) is 20.3. The van der Waals surface area contributed by atoms with Crippen molar-refractivity contribution in [3.8, 4) is 16.9 Å². The summed E-state index contributed by atoms with van der Waals surface area (Å²) in [6.45, 7) is 5.18. The number of amides is 1. The molecular formula is C25H24N4O2. The largest absolute Gasteiger partial charge is 0.492 e. The fourth-order valence-corrected chi connectivity index (χ4v) is 3.40. The lowest BCUT2D eigenvalue weighted by molar-refractivity contribution is 0.102. The number of hydrogen-bond acceptors (Lipinski definition) is 4. The molecule has 1 amide bonds. The quantitative estimate of drug-likeness (QED) is 0.469. The van der Waals surface area contributed by atoms with Gasteiger partial charge in [-0.15, -0.1) is 0 Å². The minimum absolute atomic E-state index is 0.140. The van der Waals surface area contributed by atoms with Crippen LogP contribution in [0.4, 0.5) is 5.69 Å². The van der Waals surface area contributed by atoms with Gasteiger partial charge in [0, 0.05) is 11.3 Å². The van der Waals surface area contributed by atoms with E-state index in [-0.39, 0.29) is 5.91 Å². The number of nitrogens with zero attached hydrogens (tertiary/aromatic N) is 3. The predicted octanol–water partition coefficient (Wildman–Crippen LogP) is 4.89. The molecule has 0 unspecified atom stereocenters. The number of benzene rings is 3. The fourth-order valence-electron chi connectivity index (χ4n) is 3.40. The molecule has 0 radical (unpaired) electrons. The Hall–Kier alpha value is -3.93. The van der Waals surface area contributed by atoms with Crippen molar-refractivity contribution in [3.63, 3.8) is 0 Å². The van der Waals surface area contributed by atoms with Crippen molar-refractivity contribution in [1.82, 2.24) is 14.8 Å². The lowest BCUT2D eigenvalue weighted by Gasteiger charge is -2.14. The van der Waals surface area contributed by atoms with Crippen LogP contribution >= 0.6 is 0 Å². The van der Waals surface area contributed by atoms with E-state index in [1.807, 2.05) is 49.4 Å². The summed E-state index contributed by atoms with van der Waals surface area (Å²) in [5, 5.41) is 7.04. The minimum Gasteiger partial charge on any atom is -0.492 e. The van der Waals surface area contributed by atoms with Crippen molar-refractivity contribution in [1.29, 1.82) is 0 Å². The highest BCUT2D eigenvalue weighted by molar-refractivity contribution is 6.09. The van der Waals surface area contributed by atoms with E-state index in [2.05, 4.69) is 46.6 Å². The average molecular weight is 412 g/mol. The Morgan fingerprint density at radius 1 is 1.00 bits per heavy atom. The van der Waals surface area contributed by atoms with Crippen molar-refractivity contribution in [3.05, 3.63) is 96.1 Å². The molecule has 0 fully saturated rings. The monoisotopic (exact) mass is 412 g/mol. The first-order valence-electron chi connectivity index (χ1n) is 10.1. The molecule has 6 heteroatoms. The third kappa shape index (κ3) is 4.98. The fraction of sp³-hybridized carbons (Fsp3) is 0.160. The molecule has 0 saturated carbocycles. The zero-order valence-electron chi connectivity index (χ0n) is 17.6. The van der Waals surface area contributed by atoms with Crippen molar-refractivity contribution >= 4 is 11.6 Å². The molecule has 0 bridgehead atoms. The molecule has 4 rings (SSSR count). The third-order valence-corrected chi connectivity index (χ3v) is 5.03. The van der Waals surface area contributed by atoms with Gasteiger partial charge in [0.05, 0.1) is 6.54 Å². The summed E-state index contributed by atoms with van der Waals surface area (Å²) in [5.74, 6) is 0.591. The second kappa shape index (κ2) is 9.26. The Bertz CT molecular complexity index is 1150. The molecule has 156 valence electrons. The predicted molar refractivity (Wildman–Crippen MR) is 121 cm³/mol. The van der Waals surface area contributed by atoms with Crippen LogP contribution in [-0.2, 0) is 6.54 Å². The number of carbonyl (C=O) groups is 1. The Labute approximate surface area is 181 Å². The van der Waals surface area contributed by atoms with Gasteiger partial charge in [0.15, 0.2) is 0 Å². The molecule has 4 aromatic rings. The van der Waals surface area contributed by atoms with E-state index >= 15 is 0 Å². The maximum Gasteiger partial charge on any atom is 0.256 e. The number of nitrogens with one attached hydrogen (secondary N) is 1. The lowest BCUT2D eigenvalue weighted by Crippen LogP contribution is -2.14. The second-order valence-electron chi connectivity index (χ2n) is 7.35. The van der Waals surface area contributed by atoms with Gasteiger partial charge in [0.2, 0.25) is 0 Å². The highest BCUT2D eigenvalue weighted by Crippen LogP contribution is 2.28. The number of anilines is 1. The molecule has 3 aromatic carbocycles. The van der Waals surface area contributed by atoms with E-state index in [1.165, 1.54) is 11.9 Å². The summed E-state index contributed by atoms with van der Waals surface area (Å²) in [5.41, 5.74) is 5.60. The van der Waals surface area contributed by atoms with E-state index in [1.54, 1.807) is 11.0 Å². The van der Waals surface area contributed by atoms with E-state index in [0.717, 1.165) is 22.4 Å². The van der Waals surface area contributed by atoms with Crippen LogP contribution in [0, 0.1) is 13.8 Å². The van der Waals surface area contributed by atoms with Gasteiger partial charge >= 0.3 is 0 Å². The van der Waals surface area contributed by atoms with Crippen molar-refractivity contribution in [2.24, 2.45) is 0 Å². The zero-order valence-corrected chi connectivity index (χ0v) is 17.6. The van der Waals surface area contributed by atoms with Crippen LogP contribution in [0.15, 0.2) is 79.4 Å². The number of aromatic nitrogens is 3. The number of carbonyl (C=O) groups excluding carboxylic acids is 1. The number of ether oxygens (including phenoxy) is 1. The molecule has 1 N–H and O–H groups in total. The Morgan fingerprint density at radius 2 is 1.77 bits per heavy atom. The summed E-state index contributed by atoms with van der Waals surface area (Å²) in [4.78, 5) is 17.0. The number of aryl methyl sites for hydroxylation is 2. The number of rotatable bonds is 7. The molecule has 0 saturated heterocycles. The van der Waals surface area contributed by atoms with Crippen molar-refractivity contribution in [2.45, 2.75) is 20.4 Å². The van der Waals surface area contributed by atoms with Crippen LogP contribution in [0.25, 0.3) is 11.1 Å². The topological polar surface area (TPSA) is 69.0 Å². The van der Waals surface area contributed by atoms with E-state index < -0.39 is 0 Å². The lowest BCUT2D eigenvalue weighted by atomic mass is 9.94. The zero-order chi connectivity index (χ0) is 21.6. The maximum absolute atomic E-state index is 13.1. The molecule has 0 spiro atoms. The molecule has 0 aliphatic rings. The summed E-state index contributed by atoms with van der Waals surface area (Å²) in [6, 6.07) is 21.4. The second-order valence-corrected chi connectivity index (χ2v) is 7.35.